The van der Waals surface area contributed by atoms with E-state index in [0.29, 0.717) is 12.8 Å². The van der Waals surface area contributed by atoms with Gasteiger partial charge in [-0.05, 0) is 95.1 Å². The molecule has 4 heteroatoms. The predicted octanol–water partition coefficient (Wildman–Crippen LogP) is 7.27. The van der Waals surface area contributed by atoms with Crippen LogP contribution in [0, 0.1) is 5.92 Å². The Labute approximate surface area is 206 Å². The number of benzene rings is 4. The van der Waals surface area contributed by atoms with Gasteiger partial charge in [0.2, 0.25) is 5.91 Å². The summed E-state index contributed by atoms with van der Waals surface area (Å²) in [7, 11) is 1.68. The fourth-order valence-electron chi connectivity index (χ4n) is 4.46. The summed E-state index contributed by atoms with van der Waals surface area (Å²) in [6.45, 7) is 0.819. The lowest BCUT2D eigenvalue weighted by Gasteiger charge is -2.25. The lowest BCUT2D eigenvalue weighted by Crippen LogP contribution is -2.19. The number of fused-ring (bicyclic) bond motifs is 1. The molecule has 0 atom stereocenters. The maximum atomic E-state index is 12.4. The first kappa shape index (κ1) is 23.0. The lowest BCUT2D eigenvalue weighted by atomic mass is 9.86. The molecule has 0 bridgehead atoms. The van der Waals surface area contributed by atoms with Crippen molar-refractivity contribution in [3.05, 3.63) is 90.5 Å². The quantitative estimate of drug-likeness (QED) is 0.283. The molecular formula is C31H31NO3. The molecule has 0 unspecified atom stereocenters. The number of ether oxygens (including phenoxy) is 2. The standard InChI is InChI=1S/C31H31NO3/c1-34-30-17-23(10-15-31(33)32-28-8-3-2-4-9-28)16-27(20-30)25-11-12-26-19-29(14-13-24(26)18-25)35-21-22-6-5-7-22/h2-4,8-9,11-14,16-20,22H,5-7,10,15,21H2,1H3,(H,32,33). The molecule has 0 aliphatic heterocycles. The van der Waals surface area contributed by atoms with Gasteiger partial charge in [-0.25, -0.2) is 0 Å². The third-order valence-corrected chi connectivity index (χ3v) is 6.76. The average molecular weight is 466 g/mol. The number of anilines is 1. The molecule has 0 radical (unpaired) electrons. The van der Waals surface area contributed by atoms with E-state index in [1.165, 1.54) is 30.0 Å². The molecule has 1 aliphatic rings. The Balaban J connectivity index is 1.30. The van der Waals surface area contributed by atoms with Gasteiger partial charge >= 0.3 is 0 Å². The van der Waals surface area contributed by atoms with Gasteiger partial charge in [0, 0.05) is 12.1 Å². The molecule has 0 aromatic heterocycles. The van der Waals surface area contributed by atoms with Crippen LogP contribution in [-0.4, -0.2) is 19.6 Å². The second-order valence-electron chi connectivity index (χ2n) is 9.32. The van der Waals surface area contributed by atoms with Gasteiger partial charge in [-0.3, -0.25) is 4.79 Å². The van der Waals surface area contributed by atoms with E-state index in [1.54, 1.807) is 7.11 Å². The summed E-state index contributed by atoms with van der Waals surface area (Å²) in [5.41, 5.74) is 4.09. The Bertz CT molecular complexity index is 1310. The summed E-state index contributed by atoms with van der Waals surface area (Å²) in [5, 5.41) is 5.29. The van der Waals surface area contributed by atoms with Gasteiger partial charge in [-0.1, -0.05) is 48.9 Å². The molecule has 1 saturated carbocycles. The summed E-state index contributed by atoms with van der Waals surface area (Å²) >= 11 is 0. The van der Waals surface area contributed by atoms with Crippen LogP contribution in [0.15, 0.2) is 84.9 Å². The second kappa shape index (κ2) is 10.6. The van der Waals surface area contributed by atoms with Crippen molar-refractivity contribution in [2.24, 2.45) is 5.92 Å². The van der Waals surface area contributed by atoms with Crippen molar-refractivity contribution in [2.75, 3.05) is 19.0 Å². The molecule has 1 aliphatic carbocycles. The van der Waals surface area contributed by atoms with Crippen LogP contribution in [0.5, 0.6) is 11.5 Å². The largest absolute Gasteiger partial charge is 0.497 e. The number of aryl methyl sites for hydroxylation is 1. The van der Waals surface area contributed by atoms with Crippen LogP contribution in [-0.2, 0) is 11.2 Å². The highest BCUT2D eigenvalue weighted by Crippen LogP contribution is 2.32. The van der Waals surface area contributed by atoms with Crippen LogP contribution < -0.4 is 14.8 Å². The van der Waals surface area contributed by atoms with E-state index >= 15 is 0 Å². The van der Waals surface area contributed by atoms with Crippen molar-refractivity contribution in [1.82, 2.24) is 0 Å². The van der Waals surface area contributed by atoms with Crippen LogP contribution in [0.1, 0.15) is 31.2 Å². The summed E-state index contributed by atoms with van der Waals surface area (Å²) in [6, 6.07) is 28.5. The van der Waals surface area contributed by atoms with Crippen molar-refractivity contribution >= 4 is 22.4 Å². The maximum absolute atomic E-state index is 12.4. The Hall–Kier alpha value is -3.79. The summed E-state index contributed by atoms with van der Waals surface area (Å²) in [6.07, 6.45) is 4.96. The molecule has 4 aromatic rings. The number of hydrogen-bond acceptors (Lipinski definition) is 3. The Morgan fingerprint density at radius 2 is 1.66 bits per heavy atom. The highest BCUT2D eigenvalue weighted by atomic mass is 16.5. The Morgan fingerprint density at radius 1 is 0.857 bits per heavy atom. The van der Waals surface area contributed by atoms with Gasteiger partial charge < -0.3 is 14.8 Å². The zero-order chi connectivity index (χ0) is 24.0. The molecule has 0 saturated heterocycles. The van der Waals surface area contributed by atoms with Crippen molar-refractivity contribution in [3.8, 4) is 22.6 Å². The molecule has 4 nitrogen and oxygen atoms in total. The molecule has 4 aromatic carbocycles. The van der Waals surface area contributed by atoms with Gasteiger partial charge in [-0.2, -0.15) is 0 Å². The number of para-hydroxylation sites is 1. The third-order valence-electron chi connectivity index (χ3n) is 6.76. The first-order valence-corrected chi connectivity index (χ1v) is 12.4. The first-order valence-electron chi connectivity index (χ1n) is 12.4. The van der Waals surface area contributed by atoms with E-state index in [2.05, 4.69) is 47.8 Å². The van der Waals surface area contributed by atoms with E-state index in [0.717, 1.165) is 46.4 Å². The summed E-state index contributed by atoms with van der Waals surface area (Å²) < 4.78 is 11.6. The molecular weight excluding hydrogens is 434 g/mol. The minimum atomic E-state index is 0.00149. The van der Waals surface area contributed by atoms with E-state index in [-0.39, 0.29) is 5.91 Å². The van der Waals surface area contributed by atoms with Gasteiger partial charge in [0.15, 0.2) is 0 Å². The van der Waals surface area contributed by atoms with Gasteiger partial charge in [0.25, 0.3) is 0 Å². The molecule has 1 fully saturated rings. The number of carbonyl (C=O) groups excluding carboxylic acids is 1. The van der Waals surface area contributed by atoms with E-state index < -0.39 is 0 Å². The van der Waals surface area contributed by atoms with Gasteiger partial charge in [0.1, 0.15) is 11.5 Å². The number of nitrogens with one attached hydrogen (secondary N) is 1. The number of methoxy groups -OCH3 is 1. The van der Waals surface area contributed by atoms with Crippen molar-refractivity contribution in [3.63, 3.8) is 0 Å². The van der Waals surface area contributed by atoms with Crippen molar-refractivity contribution < 1.29 is 14.3 Å². The van der Waals surface area contributed by atoms with Crippen molar-refractivity contribution in [2.45, 2.75) is 32.1 Å². The molecule has 178 valence electrons. The normalized spacial score (nSPS) is 13.3. The van der Waals surface area contributed by atoms with E-state index in [4.69, 9.17) is 9.47 Å². The molecule has 35 heavy (non-hydrogen) atoms. The minimum absolute atomic E-state index is 0.00149. The number of amides is 1. The number of hydrogen-bond donors (Lipinski definition) is 1. The SMILES string of the molecule is COc1cc(CCC(=O)Nc2ccccc2)cc(-c2ccc3cc(OCC4CCC4)ccc3c2)c1. The zero-order valence-electron chi connectivity index (χ0n) is 20.1. The van der Waals surface area contributed by atoms with Crippen LogP contribution in [0.2, 0.25) is 0 Å². The van der Waals surface area contributed by atoms with Crippen LogP contribution >= 0.6 is 0 Å². The highest BCUT2D eigenvalue weighted by Gasteiger charge is 2.18. The molecule has 1 amide bonds. The minimum Gasteiger partial charge on any atom is -0.497 e. The summed E-state index contributed by atoms with van der Waals surface area (Å²) in [4.78, 5) is 12.4. The molecule has 0 spiro atoms. The predicted molar refractivity (Wildman–Crippen MR) is 142 cm³/mol. The Kier molecular flexibility index (Phi) is 6.99. The fraction of sp³-hybridized carbons (Fsp3) is 0.258. The molecule has 5 rings (SSSR count). The van der Waals surface area contributed by atoms with Crippen LogP contribution in [0.3, 0.4) is 0 Å². The fourth-order valence-corrected chi connectivity index (χ4v) is 4.46. The zero-order valence-corrected chi connectivity index (χ0v) is 20.1. The van der Waals surface area contributed by atoms with Gasteiger partial charge in [-0.15, -0.1) is 0 Å². The molecule has 0 heterocycles. The Morgan fingerprint density at radius 3 is 2.43 bits per heavy atom. The van der Waals surface area contributed by atoms with Crippen LogP contribution in [0.25, 0.3) is 21.9 Å². The van der Waals surface area contributed by atoms with Crippen LogP contribution in [0.4, 0.5) is 5.69 Å². The van der Waals surface area contributed by atoms with E-state index in [9.17, 15) is 4.79 Å². The highest BCUT2D eigenvalue weighted by molar-refractivity contribution is 5.91. The first-order chi connectivity index (χ1) is 17.2. The van der Waals surface area contributed by atoms with Crippen molar-refractivity contribution in [1.29, 1.82) is 0 Å². The average Bonchev–Trinajstić information content (AvgIpc) is 2.86. The van der Waals surface area contributed by atoms with Gasteiger partial charge in [0.05, 0.1) is 13.7 Å². The number of carbonyl (C=O) groups is 1. The monoisotopic (exact) mass is 465 g/mol. The third kappa shape index (κ3) is 5.83. The van der Waals surface area contributed by atoms with E-state index in [1.807, 2.05) is 42.5 Å². The summed E-state index contributed by atoms with van der Waals surface area (Å²) in [5.74, 6) is 2.46. The molecule has 1 N–H and O–H groups in total. The number of rotatable bonds is 9. The topological polar surface area (TPSA) is 47.6 Å². The smallest absolute Gasteiger partial charge is 0.224 e. The maximum Gasteiger partial charge on any atom is 0.224 e. The lowest BCUT2D eigenvalue weighted by molar-refractivity contribution is -0.116. The second-order valence-corrected chi connectivity index (χ2v) is 9.32.